The number of rotatable bonds is 10. The van der Waals surface area contributed by atoms with E-state index in [2.05, 4.69) is 5.32 Å². The SMILES string of the molecule is COc1ccc(CC[NH2+]C[C@H](O)COc2ccccc2)cc1OC. The third-order valence-electron chi connectivity index (χ3n) is 3.71. The van der Waals surface area contributed by atoms with Crippen molar-refractivity contribution < 1.29 is 24.6 Å². The van der Waals surface area contributed by atoms with Gasteiger partial charge in [-0.3, -0.25) is 0 Å². The molecule has 0 aliphatic carbocycles. The van der Waals surface area contributed by atoms with Gasteiger partial charge in [0.15, 0.2) is 11.5 Å². The lowest BCUT2D eigenvalue weighted by Gasteiger charge is -2.12. The maximum absolute atomic E-state index is 9.97. The average Bonchev–Trinajstić information content (AvgIpc) is 2.64. The molecule has 0 fully saturated rings. The summed E-state index contributed by atoms with van der Waals surface area (Å²) in [6.07, 6.45) is 0.405. The predicted octanol–water partition coefficient (Wildman–Crippen LogP) is 1.25. The number of nitrogens with two attached hydrogens (primary N) is 1. The van der Waals surface area contributed by atoms with Crippen LogP contribution in [0.25, 0.3) is 0 Å². The molecule has 0 saturated carbocycles. The summed E-state index contributed by atoms with van der Waals surface area (Å²) in [6, 6.07) is 15.5. The topological polar surface area (TPSA) is 64.5 Å². The van der Waals surface area contributed by atoms with Gasteiger partial charge in [0.05, 0.1) is 20.8 Å². The highest BCUT2D eigenvalue weighted by molar-refractivity contribution is 5.42. The molecule has 0 bridgehead atoms. The van der Waals surface area contributed by atoms with Crippen molar-refractivity contribution >= 4 is 0 Å². The van der Waals surface area contributed by atoms with Gasteiger partial charge >= 0.3 is 0 Å². The summed E-state index contributed by atoms with van der Waals surface area (Å²) in [5.74, 6) is 2.26. The molecule has 2 rings (SSSR count). The fourth-order valence-electron chi connectivity index (χ4n) is 2.39. The minimum Gasteiger partial charge on any atom is -0.493 e. The van der Waals surface area contributed by atoms with Gasteiger partial charge in [0, 0.05) is 6.42 Å². The van der Waals surface area contributed by atoms with E-state index >= 15 is 0 Å². The van der Waals surface area contributed by atoms with Crippen LogP contribution in [0.1, 0.15) is 5.56 Å². The van der Waals surface area contributed by atoms with Crippen molar-refractivity contribution in [2.45, 2.75) is 12.5 Å². The molecule has 0 aliphatic rings. The lowest BCUT2D eigenvalue weighted by molar-refractivity contribution is -0.660. The Morgan fingerprint density at radius 2 is 1.75 bits per heavy atom. The summed E-state index contributed by atoms with van der Waals surface area (Å²) < 4.78 is 16.1. The fourth-order valence-corrected chi connectivity index (χ4v) is 2.39. The number of aliphatic hydroxyl groups is 1. The Hall–Kier alpha value is -2.24. The molecule has 0 spiro atoms. The maximum atomic E-state index is 9.97. The van der Waals surface area contributed by atoms with Crippen molar-refractivity contribution in [2.75, 3.05) is 33.9 Å². The van der Waals surface area contributed by atoms with Gasteiger partial charge in [0.25, 0.3) is 0 Å². The summed E-state index contributed by atoms with van der Waals surface area (Å²) in [5.41, 5.74) is 1.18. The first-order chi connectivity index (χ1) is 11.7. The van der Waals surface area contributed by atoms with Crippen LogP contribution in [-0.2, 0) is 6.42 Å². The van der Waals surface area contributed by atoms with Crippen molar-refractivity contribution in [3.63, 3.8) is 0 Å². The van der Waals surface area contributed by atoms with E-state index in [-0.39, 0.29) is 0 Å². The molecule has 0 saturated heterocycles. The van der Waals surface area contributed by atoms with Crippen LogP contribution in [0.15, 0.2) is 48.5 Å². The van der Waals surface area contributed by atoms with Crippen molar-refractivity contribution in [1.82, 2.24) is 0 Å². The van der Waals surface area contributed by atoms with E-state index in [9.17, 15) is 5.11 Å². The zero-order valence-corrected chi connectivity index (χ0v) is 14.3. The van der Waals surface area contributed by atoms with E-state index in [1.54, 1.807) is 14.2 Å². The lowest BCUT2D eigenvalue weighted by atomic mass is 10.1. The Bertz CT molecular complexity index is 604. The molecule has 0 heterocycles. The molecule has 5 nitrogen and oxygen atoms in total. The Morgan fingerprint density at radius 3 is 2.46 bits per heavy atom. The summed E-state index contributed by atoms with van der Waals surface area (Å²) in [7, 11) is 3.26. The maximum Gasteiger partial charge on any atom is 0.160 e. The van der Waals surface area contributed by atoms with E-state index < -0.39 is 6.10 Å². The Balaban J connectivity index is 1.67. The molecular weight excluding hydrogens is 306 g/mol. The van der Waals surface area contributed by atoms with Gasteiger partial charge in [-0.1, -0.05) is 24.3 Å². The third-order valence-corrected chi connectivity index (χ3v) is 3.71. The molecule has 0 radical (unpaired) electrons. The van der Waals surface area contributed by atoms with Crippen molar-refractivity contribution in [3.05, 3.63) is 54.1 Å². The molecule has 0 aromatic heterocycles. The third kappa shape index (κ3) is 5.76. The number of ether oxygens (including phenoxy) is 3. The Labute approximate surface area is 143 Å². The molecule has 2 aromatic carbocycles. The van der Waals surface area contributed by atoms with E-state index in [0.717, 1.165) is 30.2 Å². The van der Waals surface area contributed by atoms with Gasteiger partial charge in [0.1, 0.15) is 25.0 Å². The average molecular weight is 332 g/mol. The zero-order valence-electron chi connectivity index (χ0n) is 14.3. The van der Waals surface area contributed by atoms with Gasteiger partial charge in [-0.15, -0.1) is 0 Å². The summed E-state index contributed by atoms with van der Waals surface area (Å²) >= 11 is 0. The number of benzene rings is 2. The van der Waals surface area contributed by atoms with Crippen LogP contribution in [0.4, 0.5) is 0 Å². The van der Waals surface area contributed by atoms with Gasteiger partial charge in [-0.05, 0) is 29.8 Å². The smallest absolute Gasteiger partial charge is 0.160 e. The van der Waals surface area contributed by atoms with Gasteiger partial charge in [0.2, 0.25) is 0 Å². The quantitative estimate of drug-likeness (QED) is 0.643. The molecular formula is C19H26NO4+. The summed E-state index contributed by atoms with van der Waals surface area (Å²) in [6.45, 7) is 1.80. The lowest BCUT2D eigenvalue weighted by Crippen LogP contribution is -2.87. The molecule has 0 aliphatic heterocycles. The van der Waals surface area contributed by atoms with E-state index in [0.29, 0.717) is 13.2 Å². The minimum atomic E-state index is -0.490. The normalized spacial score (nSPS) is 11.8. The fraction of sp³-hybridized carbons (Fsp3) is 0.368. The van der Waals surface area contributed by atoms with Gasteiger partial charge in [-0.25, -0.2) is 0 Å². The second-order valence-electron chi connectivity index (χ2n) is 5.53. The second-order valence-corrected chi connectivity index (χ2v) is 5.53. The van der Waals surface area contributed by atoms with E-state index in [1.807, 2.05) is 48.5 Å². The van der Waals surface area contributed by atoms with Crippen LogP contribution >= 0.6 is 0 Å². The largest absolute Gasteiger partial charge is 0.493 e. The number of hydrogen-bond acceptors (Lipinski definition) is 4. The molecule has 24 heavy (non-hydrogen) atoms. The van der Waals surface area contributed by atoms with Crippen molar-refractivity contribution in [2.24, 2.45) is 0 Å². The molecule has 130 valence electrons. The zero-order chi connectivity index (χ0) is 17.2. The van der Waals surface area contributed by atoms with Crippen LogP contribution in [0.2, 0.25) is 0 Å². The molecule has 5 heteroatoms. The van der Waals surface area contributed by atoms with Crippen LogP contribution in [0.5, 0.6) is 17.2 Å². The molecule has 2 aromatic rings. The first kappa shape index (κ1) is 18.1. The van der Waals surface area contributed by atoms with Crippen LogP contribution in [0, 0.1) is 0 Å². The monoisotopic (exact) mass is 332 g/mol. The number of para-hydroxylation sites is 1. The van der Waals surface area contributed by atoms with Crippen molar-refractivity contribution in [1.29, 1.82) is 0 Å². The number of aliphatic hydroxyl groups excluding tert-OH is 1. The van der Waals surface area contributed by atoms with Crippen LogP contribution < -0.4 is 19.5 Å². The van der Waals surface area contributed by atoms with E-state index in [4.69, 9.17) is 14.2 Å². The van der Waals surface area contributed by atoms with Gasteiger partial charge in [-0.2, -0.15) is 0 Å². The first-order valence-corrected chi connectivity index (χ1v) is 8.11. The minimum absolute atomic E-state index is 0.302. The van der Waals surface area contributed by atoms with Crippen LogP contribution in [-0.4, -0.2) is 45.1 Å². The summed E-state index contributed by atoms with van der Waals surface area (Å²) in [5, 5.41) is 12.1. The van der Waals surface area contributed by atoms with Gasteiger partial charge < -0.3 is 24.6 Å². The number of hydrogen-bond donors (Lipinski definition) is 2. The highest BCUT2D eigenvalue weighted by atomic mass is 16.5. The standard InChI is InChI=1S/C19H25NO4/c1-22-18-9-8-15(12-19(18)23-2)10-11-20-13-16(21)14-24-17-6-4-3-5-7-17/h3-9,12,16,20-21H,10-11,13-14H2,1-2H3/p+1/t16-/m0/s1. The van der Waals surface area contributed by atoms with E-state index in [1.165, 1.54) is 5.56 Å². The second kappa shape index (κ2) is 9.80. The number of quaternary nitrogens is 1. The predicted molar refractivity (Wildman–Crippen MR) is 92.9 cm³/mol. The van der Waals surface area contributed by atoms with Crippen LogP contribution in [0.3, 0.4) is 0 Å². The highest BCUT2D eigenvalue weighted by Crippen LogP contribution is 2.27. The highest BCUT2D eigenvalue weighted by Gasteiger charge is 2.08. The summed E-state index contributed by atoms with van der Waals surface area (Å²) in [4.78, 5) is 0. The molecule has 1 atom stereocenters. The molecule has 0 amide bonds. The molecule has 0 unspecified atom stereocenters. The number of methoxy groups -OCH3 is 2. The Kier molecular flexibility index (Phi) is 7.39. The molecule has 3 N–H and O–H groups in total. The van der Waals surface area contributed by atoms with Crippen molar-refractivity contribution in [3.8, 4) is 17.2 Å². The Morgan fingerprint density at radius 1 is 1.00 bits per heavy atom. The first-order valence-electron chi connectivity index (χ1n) is 8.11.